The first-order valence-electron chi connectivity index (χ1n) is 9.40. The van der Waals surface area contributed by atoms with Crippen LogP contribution >= 0.6 is 0 Å². The maximum atomic E-state index is 12.7. The van der Waals surface area contributed by atoms with Gasteiger partial charge in [-0.05, 0) is 24.6 Å². The fourth-order valence-electron chi connectivity index (χ4n) is 3.27. The normalized spacial score (nSPS) is 14.8. The van der Waals surface area contributed by atoms with Crippen molar-refractivity contribution in [2.45, 2.75) is 13.5 Å². The Balaban J connectivity index is 1.97. The summed E-state index contributed by atoms with van der Waals surface area (Å²) in [7, 11) is 1.55. The van der Waals surface area contributed by atoms with Crippen LogP contribution < -0.4 is 10.3 Å². The molecule has 3 rings (SSSR count). The Morgan fingerprint density at radius 2 is 2.03 bits per heavy atom. The Labute approximate surface area is 169 Å². The lowest BCUT2D eigenvalue weighted by Gasteiger charge is -2.27. The van der Waals surface area contributed by atoms with Crippen LogP contribution in [0.3, 0.4) is 0 Å². The quantitative estimate of drug-likeness (QED) is 0.748. The summed E-state index contributed by atoms with van der Waals surface area (Å²) in [6.45, 7) is 5.33. The molecule has 29 heavy (non-hydrogen) atoms. The number of aromatic hydroxyl groups is 1. The smallest absolute Gasteiger partial charge is 0.271 e. The first-order valence-corrected chi connectivity index (χ1v) is 9.40. The molecule has 8 heteroatoms. The summed E-state index contributed by atoms with van der Waals surface area (Å²) >= 11 is 0. The molecule has 0 atom stereocenters. The van der Waals surface area contributed by atoms with E-state index < -0.39 is 5.56 Å². The molecule has 1 aromatic carbocycles. The number of aliphatic imine (C=N–C) groups is 1. The molecule has 1 saturated heterocycles. The molecule has 1 fully saturated rings. The molecule has 1 aromatic heterocycles. The molecule has 1 aliphatic heterocycles. The molecule has 0 aliphatic carbocycles. The molecule has 2 aromatic rings. The van der Waals surface area contributed by atoms with Gasteiger partial charge < -0.3 is 14.6 Å². The van der Waals surface area contributed by atoms with Crippen molar-refractivity contribution in [1.29, 1.82) is 5.26 Å². The molecule has 1 N–H and O–H groups in total. The van der Waals surface area contributed by atoms with Gasteiger partial charge in [-0.3, -0.25) is 19.3 Å². The maximum absolute atomic E-state index is 12.7. The zero-order valence-electron chi connectivity index (χ0n) is 16.6. The number of ether oxygens (including phenoxy) is 2. The zero-order valence-corrected chi connectivity index (χ0v) is 16.6. The van der Waals surface area contributed by atoms with Gasteiger partial charge in [0.1, 0.15) is 23.1 Å². The molecule has 0 amide bonds. The number of rotatable bonds is 6. The second-order valence-electron chi connectivity index (χ2n) is 6.69. The summed E-state index contributed by atoms with van der Waals surface area (Å²) in [6, 6.07) is 9.18. The molecule has 0 spiro atoms. The zero-order chi connectivity index (χ0) is 20.8. The summed E-state index contributed by atoms with van der Waals surface area (Å²) in [4.78, 5) is 19.3. The third kappa shape index (κ3) is 4.47. The van der Waals surface area contributed by atoms with E-state index in [2.05, 4.69) is 9.89 Å². The van der Waals surface area contributed by atoms with Gasteiger partial charge in [-0.1, -0.05) is 12.1 Å². The number of nitrogens with zero attached hydrogens (tertiary/aromatic N) is 4. The van der Waals surface area contributed by atoms with E-state index in [0.717, 1.165) is 13.1 Å². The van der Waals surface area contributed by atoms with Crippen LogP contribution in [-0.2, 0) is 11.3 Å². The van der Waals surface area contributed by atoms with Crippen LogP contribution in [0.1, 0.15) is 16.7 Å². The second kappa shape index (κ2) is 9.37. The first kappa shape index (κ1) is 20.6. The molecule has 2 heterocycles. The Kier molecular flexibility index (Phi) is 6.65. The van der Waals surface area contributed by atoms with E-state index in [0.29, 0.717) is 42.3 Å². The molecule has 0 bridgehead atoms. The highest BCUT2D eigenvalue weighted by Gasteiger charge is 2.19. The highest BCUT2D eigenvalue weighted by molar-refractivity contribution is 5.87. The second-order valence-corrected chi connectivity index (χ2v) is 6.69. The average Bonchev–Trinajstić information content (AvgIpc) is 2.75. The lowest BCUT2D eigenvalue weighted by molar-refractivity contribution is 0.0360. The van der Waals surface area contributed by atoms with Gasteiger partial charge in [0.05, 0.1) is 25.9 Å². The van der Waals surface area contributed by atoms with E-state index in [4.69, 9.17) is 9.47 Å². The standard InChI is InChI=1S/C21H24N4O4/c1-15-16(13-22)20(26)25(8-7-24-9-11-29-12-10-24)21(27)17(15)14-23-18-5-3-4-6-19(18)28-2/h3-6,14,27H,7-12H2,1-2H3. The predicted octanol–water partition coefficient (Wildman–Crippen LogP) is 1.83. The van der Waals surface area contributed by atoms with Gasteiger partial charge in [-0.25, -0.2) is 0 Å². The number of hydrogen-bond acceptors (Lipinski definition) is 7. The lowest BCUT2D eigenvalue weighted by Crippen LogP contribution is -2.39. The van der Waals surface area contributed by atoms with Crippen LogP contribution in [-0.4, -0.2) is 60.7 Å². The minimum Gasteiger partial charge on any atom is -0.494 e. The van der Waals surface area contributed by atoms with Crippen LogP contribution in [0, 0.1) is 18.3 Å². The number of hydrogen-bond donors (Lipinski definition) is 1. The van der Waals surface area contributed by atoms with Crippen LogP contribution in [0.25, 0.3) is 0 Å². The largest absolute Gasteiger partial charge is 0.494 e. The number of methoxy groups -OCH3 is 1. The highest BCUT2D eigenvalue weighted by Crippen LogP contribution is 2.27. The third-order valence-electron chi connectivity index (χ3n) is 5.01. The van der Waals surface area contributed by atoms with Gasteiger partial charge >= 0.3 is 0 Å². The van der Waals surface area contributed by atoms with Crippen molar-refractivity contribution in [2.24, 2.45) is 4.99 Å². The molecule has 152 valence electrons. The summed E-state index contributed by atoms with van der Waals surface area (Å²) in [5, 5.41) is 20.3. The number of para-hydroxylation sites is 2. The monoisotopic (exact) mass is 396 g/mol. The Hall–Kier alpha value is -3.15. The van der Waals surface area contributed by atoms with E-state index >= 15 is 0 Å². The highest BCUT2D eigenvalue weighted by atomic mass is 16.5. The predicted molar refractivity (Wildman–Crippen MR) is 109 cm³/mol. The average molecular weight is 396 g/mol. The van der Waals surface area contributed by atoms with Gasteiger partial charge in [0.25, 0.3) is 5.56 Å². The number of morpholine rings is 1. The number of aromatic nitrogens is 1. The topological polar surface area (TPSA) is 100 Å². The minimum atomic E-state index is -0.495. The molecular weight excluding hydrogens is 372 g/mol. The van der Waals surface area contributed by atoms with E-state index in [1.807, 2.05) is 18.2 Å². The van der Waals surface area contributed by atoms with Crippen molar-refractivity contribution in [3.63, 3.8) is 0 Å². The van der Waals surface area contributed by atoms with Gasteiger partial charge in [-0.2, -0.15) is 5.26 Å². The van der Waals surface area contributed by atoms with Crippen molar-refractivity contribution in [2.75, 3.05) is 40.0 Å². The SMILES string of the molecule is COc1ccccc1N=Cc1c(C)c(C#N)c(=O)n(CCN2CCOCC2)c1O. The fourth-order valence-corrected chi connectivity index (χ4v) is 3.27. The van der Waals surface area contributed by atoms with Crippen LogP contribution in [0.15, 0.2) is 34.1 Å². The van der Waals surface area contributed by atoms with E-state index in [9.17, 15) is 15.2 Å². The van der Waals surface area contributed by atoms with Crippen molar-refractivity contribution >= 4 is 11.9 Å². The Morgan fingerprint density at radius 3 is 2.72 bits per heavy atom. The molecule has 0 radical (unpaired) electrons. The first-order chi connectivity index (χ1) is 14.1. The number of benzene rings is 1. The number of nitriles is 1. The Morgan fingerprint density at radius 1 is 1.31 bits per heavy atom. The summed E-state index contributed by atoms with van der Waals surface area (Å²) in [5.74, 6) is 0.389. The molecular formula is C21H24N4O4. The van der Waals surface area contributed by atoms with Crippen molar-refractivity contribution in [3.8, 4) is 17.7 Å². The van der Waals surface area contributed by atoms with E-state index in [-0.39, 0.29) is 18.0 Å². The van der Waals surface area contributed by atoms with Crippen LogP contribution in [0.5, 0.6) is 11.6 Å². The molecule has 1 aliphatic rings. The maximum Gasteiger partial charge on any atom is 0.271 e. The van der Waals surface area contributed by atoms with E-state index in [1.54, 1.807) is 26.2 Å². The van der Waals surface area contributed by atoms with Crippen molar-refractivity contribution in [1.82, 2.24) is 9.47 Å². The van der Waals surface area contributed by atoms with Crippen LogP contribution in [0.4, 0.5) is 5.69 Å². The fraction of sp³-hybridized carbons (Fsp3) is 0.381. The van der Waals surface area contributed by atoms with Crippen molar-refractivity contribution < 1.29 is 14.6 Å². The van der Waals surface area contributed by atoms with Crippen LogP contribution in [0.2, 0.25) is 0 Å². The van der Waals surface area contributed by atoms with E-state index in [1.165, 1.54) is 10.8 Å². The van der Waals surface area contributed by atoms with Gasteiger partial charge in [0.2, 0.25) is 5.88 Å². The summed E-state index contributed by atoms with van der Waals surface area (Å²) in [5.41, 5.74) is 0.833. The molecule has 0 unspecified atom stereocenters. The minimum absolute atomic E-state index is 0.00579. The number of pyridine rings is 1. The molecule has 8 nitrogen and oxygen atoms in total. The Bertz CT molecular complexity index is 1000. The third-order valence-corrected chi connectivity index (χ3v) is 5.01. The van der Waals surface area contributed by atoms with Crippen molar-refractivity contribution in [3.05, 3.63) is 51.3 Å². The lowest BCUT2D eigenvalue weighted by atomic mass is 10.1. The van der Waals surface area contributed by atoms with Gasteiger partial charge in [0.15, 0.2) is 0 Å². The summed E-state index contributed by atoms with van der Waals surface area (Å²) in [6.07, 6.45) is 1.47. The van der Waals surface area contributed by atoms with Gasteiger partial charge in [0, 0.05) is 32.4 Å². The summed E-state index contributed by atoms with van der Waals surface area (Å²) < 4.78 is 11.9. The van der Waals surface area contributed by atoms with Gasteiger partial charge in [-0.15, -0.1) is 0 Å². The molecule has 0 saturated carbocycles.